The highest BCUT2D eigenvalue weighted by Gasteiger charge is 2.28. The zero-order valence-electron chi connectivity index (χ0n) is 13.9. The molecule has 3 heteroatoms. The lowest BCUT2D eigenvalue weighted by Gasteiger charge is -2.44. The minimum atomic E-state index is 0.681. The normalized spacial score (nSPS) is 24.3. The van der Waals surface area contributed by atoms with Crippen LogP contribution in [0.3, 0.4) is 0 Å². The van der Waals surface area contributed by atoms with Crippen LogP contribution >= 0.6 is 0 Å². The van der Waals surface area contributed by atoms with Gasteiger partial charge in [-0.1, -0.05) is 34.6 Å². The number of hydrogen-bond donors (Lipinski definition) is 1. The maximum absolute atomic E-state index is 3.65. The van der Waals surface area contributed by atoms with Crippen LogP contribution in [-0.4, -0.2) is 61.2 Å². The molecule has 0 aromatic rings. The first-order chi connectivity index (χ1) is 8.95. The van der Waals surface area contributed by atoms with E-state index >= 15 is 0 Å². The lowest BCUT2D eigenvalue weighted by atomic mass is 10.00. The molecule has 1 saturated heterocycles. The van der Waals surface area contributed by atoms with Crippen molar-refractivity contribution in [2.75, 3.05) is 39.3 Å². The summed E-state index contributed by atoms with van der Waals surface area (Å²) >= 11 is 0. The molecule has 1 fully saturated rings. The van der Waals surface area contributed by atoms with Gasteiger partial charge in [0, 0.05) is 38.3 Å². The molecular weight excluding hydrogens is 234 g/mol. The Morgan fingerprint density at radius 1 is 1.11 bits per heavy atom. The van der Waals surface area contributed by atoms with E-state index in [1.165, 1.54) is 26.2 Å². The molecule has 19 heavy (non-hydrogen) atoms. The van der Waals surface area contributed by atoms with Crippen LogP contribution in [0.1, 0.15) is 41.5 Å². The smallest absolute Gasteiger partial charge is 0.0244 e. The van der Waals surface area contributed by atoms with Gasteiger partial charge >= 0.3 is 0 Å². The first-order valence-corrected chi connectivity index (χ1v) is 8.14. The van der Waals surface area contributed by atoms with E-state index in [9.17, 15) is 0 Å². The van der Waals surface area contributed by atoms with Crippen molar-refractivity contribution in [2.24, 2.45) is 11.8 Å². The summed E-state index contributed by atoms with van der Waals surface area (Å²) in [5.41, 5.74) is 0. The summed E-state index contributed by atoms with van der Waals surface area (Å²) in [6, 6.07) is 1.38. The summed E-state index contributed by atoms with van der Waals surface area (Å²) in [6.07, 6.45) is 0. The van der Waals surface area contributed by atoms with Crippen LogP contribution < -0.4 is 5.32 Å². The SMILES string of the molecule is CCN1CCN(C(CNCC(C)C)C(C)C)CC1C. The summed E-state index contributed by atoms with van der Waals surface area (Å²) in [6.45, 7) is 21.0. The monoisotopic (exact) mass is 269 g/mol. The summed E-state index contributed by atoms with van der Waals surface area (Å²) < 4.78 is 0. The van der Waals surface area contributed by atoms with Gasteiger partial charge in [-0.2, -0.15) is 0 Å². The Hall–Kier alpha value is -0.120. The Balaban J connectivity index is 2.48. The van der Waals surface area contributed by atoms with Gasteiger partial charge in [0.05, 0.1) is 0 Å². The van der Waals surface area contributed by atoms with Crippen LogP contribution in [0.15, 0.2) is 0 Å². The van der Waals surface area contributed by atoms with E-state index in [1.807, 2.05) is 0 Å². The van der Waals surface area contributed by atoms with Crippen LogP contribution in [0, 0.1) is 11.8 Å². The molecule has 0 aliphatic carbocycles. The number of nitrogens with one attached hydrogen (secondary N) is 1. The lowest BCUT2D eigenvalue weighted by Crippen LogP contribution is -2.57. The average molecular weight is 269 g/mol. The van der Waals surface area contributed by atoms with E-state index in [1.54, 1.807) is 0 Å². The molecule has 1 rings (SSSR count). The summed E-state index contributed by atoms with van der Waals surface area (Å²) in [4.78, 5) is 5.30. The Morgan fingerprint density at radius 2 is 1.79 bits per heavy atom. The molecule has 0 radical (unpaired) electrons. The second-order valence-corrected chi connectivity index (χ2v) is 6.84. The molecule has 1 N–H and O–H groups in total. The van der Waals surface area contributed by atoms with E-state index in [0.29, 0.717) is 12.1 Å². The minimum Gasteiger partial charge on any atom is -0.315 e. The van der Waals surface area contributed by atoms with Crippen molar-refractivity contribution in [1.29, 1.82) is 0 Å². The summed E-state index contributed by atoms with van der Waals surface area (Å²) in [5.74, 6) is 1.46. The van der Waals surface area contributed by atoms with Crippen molar-refractivity contribution in [3.8, 4) is 0 Å². The second-order valence-electron chi connectivity index (χ2n) is 6.84. The molecule has 0 amide bonds. The number of nitrogens with zero attached hydrogens (tertiary/aromatic N) is 2. The predicted molar refractivity (Wildman–Crippen MR) is 84.6 cm³/mol. The molecule has 1 aliphatic heterocycles. The van der Waals surface area contributed by atoms with Crippen LogP contribution in [0.25, 0.3) is 0 Å². The van der Waals surface area contributed by atoms with Crippen molar-refractivity contribution in [1.82, 2.24) is 15.1 Å². The summed E-state index contributed by atoms with van der Waals surface area (Å²) in [7, 11) is 0. The fraction of sp³-hybridized carbons (Fsp3) is 1.00. The van der Waals surface area contributed by atoms with Gasteiger partial charge in [-0.25, -0.2) is 0 Å². The quantitative estimate of drug-likeness (QED) is 0.765. The van der Waals surface area contributed by atoms with E-state index in [0.717, 1.165) is 24.9 Å². The Kier molecular flexibility index (Phi) is 7.33. The molecule has 0 aromatic carbocycles. The molecule has 114 valence electrons. The van der Waals surface area contributed by atoms with Gasteiger partial charge < -0.3 is 5.32 Å². The number of likely N-dealkylation sites (N-methyl/N-ethyl adjacent to an activating group) is 1. The van der Waals surface area contributed by atoms with Gasteiger partial charge in [0.25, 0.3) is 0 Å². The second kappa shape index (κ2) is 8.23. The van der Waals surface area contributed by atoms with Crippen LogP contribution in [-0.2, 0) is 0 Å². The molecule has 0 saturated carbocycles. The highest BCUT2D eigenvalue weighted by atomic mass is 15.3. The topological polar surface area (TPSA) is 18.5 Å². The Bertz CT molecular complexity index is 240. The maximum atomic E-state index is 3.65. The van der Waals surface area contributed by atoms with Crippen molar-refractivity contribution in [2.45, 2.75) is 53.6 Å². The zero-order chi connectivity index (χ0) is 14.4. The molecule has 3 nitrogen and oxygen atoms in total. The van der Waals surface area contributed by atoms with Crippen molar-refractivity contribution in [3.05, 3.63) is 0 Å². The Labute approximate surface area is 120 Å². The van der Waals surface area contributed by atoms with Gasteiger partial charge in [0.15, 0.2) is 0 Å². The molecule has 1 aliphatic rings. The third-order valence-corrected chi connectivity index (χ3v) is 4.35. The third-order valence-electron chi connectivity index (χ3n) is 4.35. The third kappa shape index (κ3) is 5.41. The van der Waals surface area contributed by atoms with Gasteiger partial charge in [-0.05, 0) is 31.8 Å². The zero-order valence-corrected chi connectivity index (χ0v) is 13.9. The fourth-order valence-electron chi connectivity index (χ4n) is 3.10. The fourth-order valence-corrected chi connectivity index (χ4v) is 3.10. The average Bonchev–Trinajstić information content (AvgIpc) is 2.33. The lowest BCUT2D eigenvalue weighted by molar-refractivity contribution is 0.0435. The molecule has 2 atom stereocenters. The van der Waals surface area contributed by atoms with Crippen molar-refractivity contribution < 1.29 is 0 Å². The first-order valence-electron chi connectivity index (χ1n) is 8.14. The number of piperazine rings is 1. The van der Waals surface area contributed by atoms with Crippen molar-refractivity contribution in [3.63, 3.8) is 0 Å². The molecular formula is C16H35N3. The maximum Gasteiger partial charge on any atom is 0.0244 e. The molecule has 0 aromatic heterocycles. The van der Waals surface area contributed by atoms with Crippen LogP contribution in [0.2, 0.25) is 0 Å². The first kappa shape index (κ1) is 16.9. The summed E-state index contributed by atoms with van der Waals surface area (Å²) in [5, 5.41) is 3.65. The number of rotatable bonds is 7. The highest BCUT2D eigenvalue weighted by Crippen LogP contribution is 2.16. The highest BCUT2D eigenvalue weighted by molar-refractivity contribution is 4.85. The van der Waals surface area contributed by atoms with E-state index < -0.39 is 0 Å². The van der Waals surface area contributed by atoms with E-state index in [2.05, 4.69) is 56.7 Å². The van der Waals surface area contributed by atoms with Crippen molar-refractivity contribution >= 4 is 0 Å². The van der Waals surface area contributed by atoms with Gasteiger partial charge in [-0.3, -0.25) is 9.80 Å². The van der Waals surface area contributed by atoms with E-state index in [-0.39, 0.29) is 0 Å². The van der Waals surface area contributed by atoms with E-state index in [4.69, 9.17) is 0 Å². The van der Waals surface area contributed by atoms with Gasteiger partial charge in [0.2, 0.25) is 0 Å². The van der Waals surface area contributed by atoms with Gasteiger partial charge in [0.1, 0.15) is 0 Å². The van der Waals surface area contributed by atoms with Crippen LogP contribution in [0.5, 0.6) is 0 Å². The predicted octanol–water partition coefficient (Wildman–Crippen LogP) is 2.28. The molecule has 0 bridgehead atoms. The number of hydrogen-bond acceptors (Lipinski definition) is 3. The molecule has 0 spiro atoms. The molecule has 2 unspecified atom stereocenters. The minimum absolute atomic E-state index is 0.681. The molecule has 1 heterocycles. The van der Waals surface area contributed by atoms with Crippen LogP contribution in [0.4, 0.5) is 0 Å². The standard InChI is InChI=1S/C16H35N3/c1-7-18-8-9-19(12-15(18)6)16(14(4)5)11-17-10-13(2)3/h13-17H,7-12H2,1-6H3. The Morgan fingerprint density at radius 3 is 2.26 bits per heavy atom. The van der Waals surface area contributed by atoms with Gasteiger partial charge in [-0.15, -0.1) is 0 Å². The largest absolute Gasteiger partial charge is 0.315 e.